The summed E-state index contributed by atoms with van der Waals surface area (Å²) < 4.78 is 0. The lowest BCUT2D eigenvalue weighted by molar-refractivity contribution is -0.125. The Labute approximate surface area is 251 Å². The molecular weight excluding hydrogens is 528 g/mol. The number of nitrogens with zero attached hydrogens (tertiary/aromatic N) is 2. The summed E-state index contributed by atoms with van der Waals surface area (Å²) in [6, 6.07) is 14.3. The van der Waals surface area contributed by atoms with E-state index < -0.39 is 0 Å². The molecule has 1 saturated carbocycles. The molecule has 3 rings (SSSR count). The number of anilines is 2. The number of hydrogen-bond donors (Lipinski definition) is 2. The van der Waals surface area contributed by atoms with Crippen molar-refractivity contribution in [1.82, 2.24) is 9.80 Å². The van der Waals surface area contributed by atoms with Crippen LogP contribution in [0.15, 0.2) is 48.5 Å². The highest BCUT2D eigenvalue weighted by Gasteiger charge is 2.30. The topological polar surface area (TPSA) is 98.8 Å². The van der Waals surface area contributed by atoms with Crippen LogP contribution < -0.4 is 10.6 Å². The van der Waals surface area contributed by atoms with Crippen molar-refractivity contribution in [3.63, 3.8) is 0 Å². The Morgan fingerprint density at radius 2 is 0.929 bits per heavy atom. The van der Waals surface area contributed by atoms with E-state index in [1.54, 1.807) is 48.5 Å². The minimum Gasteiger partial charge on any atom is -0.339 e. The lowest BCUT2D eigenvalue weighted by Crippen LogP contribution is -2.33. The van der Waals surface area contributed by atoms with Gasteiger partial charge in [0.15, 0.2) is 0 Å². The van der Waals surface area contributed by atoms with E-state index in [9.17, 15) is 19.2 Å². The number of benzene rings is 2. The summed E-state index contributed by atoms with van der Waals surface area (Å²) in [7, 11) is 0. The standard InChI is InChI=1S/C34H48N4O4/c1-5-19-37(20-6-2)33(41)27-11-9-13-29(23-27)35-31(39)25-15-17-26(18-16-25)32(40)36-30-14-10-12-28(24-30)34(42)38(21-7-3)22-8-4/h9-14,23-26H,5-8,15-22H2,1-4H3,(H,35,39)(H,36,40). The molecule has 8 heteroatoms. The van der Waals surface area contributed by atoms with Gasteiger partial charge in [-0.1, -0.05) is 39.8 Å². The first-order valence-corrected chi connectivity index (χ1v) is 15.7. The molecule has 228 valence electrons. The second kappa shape index (κ2) is 16.7. The Morgan fingerprint density at radius 3 is 1.24 bits per heavy atom. The molecule has 0 bridgehead atoms. The van der Waals surface area contributed by atoms with Gasteiger partial charge in [0.05, 0.1) is 0 Å². The Morgan fingerprint density at radius 1 is 0.595 bits per heavy atom. The molecule has 0 aliphatic heterocycles. The predicted octanol–water partition coefficient (Wildman–Crippen LogP) is 6.59. The van der Waals surface area contributed by atoms with E-state index in [1.165, 1.54) is 0 Å². The average Bonchev–Trinajstić information content (AvgIpc) is 3.00. The van der Waals surface area contributed by atoms with Gasteiger partial charge in [0.2, 0.25) is 11.8 Å². The van der Waals surface area contributed by atoms with Gasteiger partial charge >= 0.3 is 0 Å². The third-order valence-electron chi connectivity index (χ3n) is 7.77. The van der Waals surface area contributed by atoms with E-state index >= 15 is 0 Å². The van der Waals surface area contributed by atoms with Crippen LogP contribution in [0.1, 0.15) is 99.8 Å². The molecule has 0 radical (unpaired) electrons. The van der Waals surface area contributed by atoms with Crippen molar-refractivity contribution in [2.75, 3.05) is 36.8 Å². The molecule has 0 atom stereocenters. The van der Waals surface area contributed by atoms with Crippen molar-refractivity contribution >= 4 is 35.0 Å². The summed E-state index contributed by atoms with van der Waals surface area (Å²) in [5.74, 6) is -0.561. The first kappa shape index (κ1) is 32.8. The van der Waals surface area contributed by atoms with Crippen molar-refractivity contribution in [2.24, 2.45) is 11.8 Å². The fourth-order valence-corrected chi connectivity index (χ4v) is 5.64. The quantitative estimate of drug-likeness (QED) is 0.265. The first-order valence-electron chi connectivity index (χ1n) is 15.7. The molecule has 0 saturated heterocycles. The Kier molecular flexibility index (Phi) is 13.0. The maximum Gasteiger partial charge on any atom is 0.253 e. The number of nitrogens with one attached hydrogen (secondary N) is 2. The molecule has 2 N–H and O–H groups in total. The van der Waals surface area contributed by atoms with Gasteiger partial charge in [0, 0.05) is 60.5 Å². The van der Waals surface area contributed by atoms with E-state index in [-0.39, 0.29) is 35.5 Å². The van der Waals surface area contributed by atoms with Crippen LogP contribution >= 0.6 is 0 Å². The number of rotatable bonds is 14. The van der Waals surface area contributed by atoms with Gasteiger partial charge < -0.3 is 20.4 Å². The Balaban J connectivity index is 1.54. The molecule has 8 nitrogen and oxygen atoms in total. The zero-order chi connectivity index (χ0) is 30.5. The number of hydrogen-bond acceptors (Lipinski definition) is 4. The summed E-state index contributed by atoms with van der Waals surface area (Å²) in [6.07, 6.45) is 6.04. The zero-order valence-corrected chi connectivity index (χ0v) is 25.8. The van der Waals surface area contributed by atoms with Crippen molar-refractivity contribution in [2.45, 2.75) is 79.1 Å². The van der Waals surface area contributed by atoms with Crippen molar-refractivity contribution < 1.29 is 19.2 Å². The van der Waals surface area contributed by atoms with Gasteiger partial charge in [-0.05, 0) is 87.8 Å². The summed E-state index contributed by atoms with van der Waals surface area (Å²) in [5.41, 5.74) is 2.38. The monoisotopic (exact) mass is 576 g/mol. The van der Waals surface area contributed by atoms with Crippen LogP contribution in [0.25, 0.3) is 0 Å². The molecule has 4 amide bonds. The van der Waals surface area contributed by atoms with Gasteiger partial charge in [-0.2, -0.15) is 0 Å². The highest BCUT2D eigenvalue weighted by molar-refractivity contribution is 5.99. The predicted molar refractivity (Wildman–Crippen MR) is 169 cm³/mol. The van der Waals surface area contributed by atoms with Crippen LogP contribution in [0.2, 0.25) is 0 Å². The molecule has 0 heterocycles. The molecule has 1 aliphatic rings. The van der Waals surface area contributed by atoms with Crippen molar-refractivity contribution in [3.8, 4) is 0 Å². The molecular formula is C34H48N4O4. The second-order valence-electron chi connectivity index (χ2n) is 11.3. The van der Waals surface area contributed by atoms with Crippen LogP contribution in [0.3, 0.4) is 0 Å². The van der Waals surface area contributed by atoms with Crippen LogP contribution in [-0.2, 0) is 9.59 Å². The molecule has 0 unspecified atom stereocenters. The maximum absolute atomic E-state index is 13.1. The molecule has 1 aliphatic carbocycles. The van der Waals surface area contributed by atoms with E-state index in [0.717, 1.165) is 25.7 Å². The SMILES string of the molecule is CCCN(CCC)C(=O)c1cccc(NC(=O)C2CCC(C(=O)Nc3cccc(C(=O)N(CCC)CCC)c3)CC2)c1. The lowest BCUT2D eigenvalue weighted by atomic mass is 9.81. The third kappa shape index (κ3) is 9.16. The zero-order valence-electron chi connectivity index (χ0n) is 25.8. The highest BCUT2D eigenvalue weighted by atomic mass is 16.2. The maximum atomic E-state index is 13.1. The first-order chi connectivity index (χ1) is 20.3. The van der Waals surface area contributed by atoms with Crippen molar-refractivity contribution in [1.29, 1.82) is 0 Å². The summed E-state index contributed by atoms with van der Waals surface area (Å²) in [6.45, 7) is 11.1. The van der Waals surface area contributed by atoms with Crippen molar-refractivity contribution in [3.05, 3.63) is 59.7 Å². The Bertz CT molecular complexity index is 1100. The fourth-order valence-electron chi connectivity index (χ4n) is 5.64. The van der Waals surface area contributed by atoms with Gasteiger partial charge in [-0.25, -0.2) is 0 Å². The second-order valence-corrected chi connectivity index (χ2v) is 11.3. The van der Waals surface area contributed by atoms with E-state index in [2.05, 4.69) is 38.3 Å². The molecule has 42 heavy (non-hydrogen) atoms. The summed E-state index contributed by atoms with van der Waals surface area (Å²) in [5, 5.41) is 5.98. The van der Waals surface area contributed by atoms with E-state index in [1.807, 2.05) is 9.80 Å². The lowest BCUT2D eigenvalue weighted by Gasteiger charge is -2.27. The fraction of sp³-hybridized carbons (Fsp3) is 0.529. The molecule has 2 aromatic rings. The largest absolute Gasteiger partial charge is 0.339 e. The average molecular weight is 577 g/mol. The van der Waals surface area contributed by atoms with Gasteiger partial charge in [-0.3, -0.25) is 19.2 Å². The highest BCUT2D eigenvalue weighted by Crippen LogP contribution is 2.31. The number of amides is 4. The van der Waals surface area contributed by atoms with E-state index in [4.69, 9.17) is 0 Å². The van der Waals surface area contributed by atoms with Crippen LogP contribution in [-0.4, -0.2) is 59.6 Å². The number of carbonyl (C=O) groups excluding carboxylic acids is 4. The molecule has 0 spiro atoms. The minimum atomic E-state index is -0.186. The molecule has 2 aromatic carbocycles. The number of carbonyl (C=O) groups is 4. The summed E-state index contributed by atoms with van der Waals surface area (Å²) >= 11 is 0. The molecule has 1 fully saturated rings. The van der Waals surface area contributed by atoms with Gasteiger partial charge in [0.1, 0.15) is 0 Å². The van der Waals surface area contributed by atoms with Crippen LogP contribution in [0.4, 0.5) is 11.4 Å². The minimum absolute atomic E-state index is 0.0181. The van der Waals surface area contributed by atoms with E-state index in [0.29, 0.717) is 74.4 Å². The van der Waals surface area contributed by atoms with Gasteiger partial charge in [0.25, 0.3) is 11.8 Å². The van der Waals surface area contributed by atoms with Crippen LogP contribution in [0, 0.1) is 11.8 Å². The van der Waals surface area contributed by atoms with Crippen LogP contribution in [0.5, 0.6) is 0 Å². The third-order valence-corrected chi connectivity index (χ3v) is 7.77. The smallest absolute Gasteiger partial charge is 0.253 e. The van der Waals surface area contributed by atoms with Gasteiger partial charge in [-0.15, -0.1) is 0 Å². The normalized spacial score (nSPS) is 16.4. The Hall–Kier alpha value is -3.68. The molecule has 0 aromatic heterocycles. The summed E-state index contributed by atoms with van der Waals surface area (Å²) in [4.78, 5) is 55.8.